The van der Waals surface area contributed by atoms with Crippen LogP contribution in [0.15, 0.2) is 47.3 Å². The van der Waals surface area contributed by atoms with Gasteiger partial charge in [0.15, 0.2) is 0 Å². The van der Waals surface area contributed by atoms with Crippen LogP contribution in [0.2, 0.25) is 5.02 Å². The van der Waals surface area contributed by atoms with Crippen LogP contribution in [0.1, 0.15) is 5.69 Å². The maximum atomic E-state index is 12.5. The molecule has 31 heavy (non-hydrogen) atoms. The van der Waals surface area contributed by atoms with Crippen molar-refractivity contribution in [2.75, 3.05) is 5.32 Å². The number of rotatable bonds is 6. The first-order chi connectivity index (χ1) is 14.5. The predicted octanol–water partition coefficient (Wildman–Crippen LogP) is 3.21. The van der Waals surface area contributed by atoms with E-state index in [1.165, 1.54) is 12.1 Å². The maximum absolute atomic E-state index is 12.5. The van der Waals surface area contributed by atoms with E-state index in [0.717, 1.165) is 16.8 Å². The minimum Gasteiger partial charge on any atom is -0.480 e. The molecule has 0 fully saturated rings. The van der Waals surface area contributed by atoms with Crippen molar-refractivity contribution < 1.29 is 32.6 Å². The summed E-state index contributed by atoms with van der Waals surface area (Å²) >= 11 is 5.76. The van der Waals surface area contributed by atoms with Crippen LogP contribution in [0.4, 0.5) is 18.9 Å². The molecule has 0 saturated heterocycles. The Bertz CT molecular complexity index is 1230. The van der Waals surface area contributed by atoms with Crippen LogP contribution in [-0.4, -0.2) is 33.1 Å². The average Bonchev–Trinajstić information content (AvgIpc) is 2.66. The number of benzene rings is 2. The van der Waals surface area contributed by atoms with Crippen LogP contribution in [0, 0.1) is 0 Å². The Hall–Kier alpha value is -3.60. The Morgan fingerprint density at radius 3 is 2.45 bits per heavy atom. The fraction of sp³-hybridized carbons (Fsp3) is 0.158. The molecule has 0 aliphatic carbocycles. The van der Waals surface area contributed by atoms with Gasteiger partial charge in [0.25, 0.3) is 5.56 Å². The number of halogens is 4. The zero-order valence-electron chi connectivity index (χ0n) is 15.4. The van der Waals surface area contributed by atoms with E-state index in [9.17, 15) is 27.6 Å². The van der Waals surface area contributed by atoms with Crippen LogP contribution in [-0.2, 0) is 22.6 Å². The summed E-state index contributed by atoms with van der Waals surface area (Å²) in [5.74, 6) is -2.52. The minimum atomic E-state index is -4.92. The maximum Gasteiger partial charge on any atom is 0.573 e. The highest BCUT2D eigenvalue weighted by Gasteiger charge is 2.32. The number of hydrogen-bond acceptors (Lipinski definition) is 5. The van der Waals surface area contributed by atoms with Crippen molar-refractivity contribution in [2.45, 2.75) is 19.3 Å². The number of fused-ring (bicyclic) bond motifs is 1. The van der Waals surface area contributed by atoms with E-state index in [4.69, 9.17) is 16.7 Å². The molecule has 2 aromatic carbocycles. The van der Waals surface area contributed by atoms with Crippen molar-refractivity contribution in [3.05, 3.63) is 63.5 Å². The van der Waals surface area contributed by atoms with E-state index in [-0.39, 0.29) is 28.2 Å². The van der Waals surface area contributed by atoms with Crippen molar-refractivity contribution in [1.82, 2.24) is 9.78 Å². The molecule has 0 saturated carbocycles. The number of amides is 1. The summed E-state index contributed by atoms with van der Waals surface area (Å²) in [5, 5.41) is 15.6. The highest BCUT2D eigenvalue weighted by Crippen LogP contribution is 2.32. The topological polar surface area (TPSA) is 111 Å². The number of carboxylic acid groups (broad SMARTS) is 1. The number of aliphatic carboxylic acids is 1. The van der Waals surface area contributed by atoms with Gasteiger partial charge in [0.1, 0.15) is 12.3 Å². The Labute approximate surface area is 176 Å². The van der Waals surface area contributed by atoms with Gasteiger partial charge in [-0.15, -0.1) is 13.2 Å². The van der Waals surface area contributed by atoms with Gasteiger partial charge < -0.3 is 15.2 Å². The molecule has 0 unspecified atom stereocenters. The molecule has 0 aliphatic heterocycles. The second-order valence-corrected chi connectivity index (χ2v) is 6.67. The van der Waals surface area contributed by atoms with E-state index in [1.807, 2.05) is 0 Å². The quantitative estimate of drug-likeness (QED) is 0.590. The summed E-state index contributed by atoms with van der Waals surface area (Å²) in [6.45, 7) is -0.686. The number of hydrogen-bond donors (Lipinski definition) is 2. The molecule has 1 aromatic heterocycles. The Morgan fingerprint density at radius 2 is 1.84 bits per heavy atom. The van der Waals surface area contributed by atoms with E-state index in [1.54, 1.807) is 18.2 Å². The second-order valence-electron chi connectivity index (χ2n) is 6.27. The van der Waals surface area contributed by atoms with Crippen LogP contribution in [0.25, 0.3) is 10.8 Å². The lowest BCUT2D eigenvalue weighted by molar-refractivity contribution is -0.274. The summed E-state index contributed by atoms with van der Waals surface area (Å²) < 4.78 is 41.5. The van der Waals surface area contributed by atoms with E-state index in [2.05, 4.69) is 15.2 Å². The summed E-state index contributed by atoms with van der Waals surface area (Å²) in [4.78, 5) is 35.9. The molecule has 3 aromatic rings. The number of nitrogens with one attached hydrogen (secondary N) is 1. The molecule has 1 amide bonds. The predicted molar refractivity (Wildman–Crippen MR) is 104 cm³/mol. The van der Waals surface area contributed by atoms with Crippen molar-refractivity contribution in [1.29, 1.82) is 0 Å². The van der Waals surface area contributed by atoms with Crippen molar-refractivity contribution in [3.8, 4) is 5.75 Å². The molecule has 0 aliphatic rings. The number of carbonyl (C=O) groups excluding carboxylic acids is 1. The minimum absolute atomic E-state index is 0.104. The number of ether oxygens (including phenoxy) is 1. The third-order valence-electron chi connectivity index (χ3n) is 4.00. The Kier molecular flexibility index (Phi) is 6.16. The van der Waals surface area contributed by atoms with Crippen molar-refractivity contribution in [3.63, 3.8) is 0 Å². The first-order valence-electron chi connectivity index (χ1n) is 8.59. The first kappa shape index (κ1) is 22.1. The Balaban J connectivity index is 1.85. The van der Waals surface area contributed by atoms with Gasteiger partial charge in [-0.3, -0.25) is 14.4 Å². The molecule has 0 spiro atoms. The Morgan fingerprint density at radius 1 is 1.16 bits per heavy atom. The molecule has 12 heteroatoms. The van der Waals surface area contributed by atoms with Gasteiger partial charge in [-0.1, -0.05) is 29.8 Å². The highest BCUT2D eigenvalue weighted by molar-refractivity contribution is 6.32. The van der Waals surface area contributed by atoms with Gasteiger partial charge in [-0.2, -0.15) is 5.10 Å². The lowest BCUT2D eigenvalue weighted by atomic mass is 10.1. The zero-order chi connectivity index (χ0) is 22.8. The monoisotopic (exact) mass is 455 g/mol. The number of anilines is 1. The molecule has 0 radical (unpaired) electrons. The number of aromatic nitrogens is 2. The first-order valence-corrected chi connectivity index (χ1v) is 8.97. The molecular weight excluding hydrogens is 443 g/mol. The average molecular weight is 456 g/mol. The van der Waals surface area contributed by atoms with Gasteiger partial charge in [0.2, 0.25) is 5.91 Å². The highest BCUT2D eigenvalue weighted by atomic mass is 35.5. The third kappa shape index (κ3) is 5.51. The molecular formula is C19H13ClF3N3O5. The fourth-order valence-corrected chi connectivity index (χ4v) is 3.03. The molecule has 2 N–H and O–H groups in total. The summed E-state index contributed by atoms with van der Waals surface area (Å²) in [6.07, 6.45) is -5.25. The third-order valence-corrected chi connectivity index (χ3v) is 4.29. The number of carboxylic acids is 1. The van der Waals surface area contributed by atoms with E-state index >= 15 is 0 Å². The lowest BCUT2D eigenvalue weighted by Crippen LogP contribution is -2.29. The second kappa shape index (κ2) is 8.64. The van der Waals surface area contributed by atoms with Gasteiger partial charge >= 0.3 is 12.3 Å². The van der Waals surface area contributed by atoms with Crippen molar-refractivity contribution in [2.24, 2.45) is 0 Å². The normalized spacial score (nSPS) is 11.4. The fourth-order valence-electron chi connectivity index (χ4n) is 2.81. The molecule has 1 heterocycles. The van der Waals surface area contributed by atoms with Gasteiger partial charge in [-0.25, -0.2) is 4.68 Å². The van der Waals surface area contributed by atoms with Gasteiger partial charge in [0, 0.05) is 11.1 Å². The van der Waals surface area contributed by atoms with Gasteiger partial charge in [0.05, 0.1) is 22.5 Å². The SMILES string of the molecule is O=C(O)Cn1nc(CC(=O)Nc2ccc(OC(F)(F)F)c(Cl)c2)c2ccccc2c1=O. The number of nitrogens with zero attached hydrogens (tertiary/aromatic N) is 2. The molecule has 0 atom stereocenters. The standard InChI is InChI=1S/C19H13ClF3N3O5/c20-13-7-10(5-6-15(13)31-19(21,22)23)24-16(27)8-14-11-3-1-2-4-12(11)18(30)26(25-14)9-17(28)29/h1-7H,8-9H2,(H,24,27)(H,28,29). The summed E-state index contributed by atoms with van der Waals surface area (Å²) in [6, 6.07) is 9.47. The summed E-state index contributed by atoms with van der Waals surface area (Å²) in [7, 11) is 0. The smallest absolute Gasteiger partial charge is 0.480 e. The van der Waals surface area contributed by atoms with Crippen LogP contribution < -0.4 is 15.6 Å². The summed E-state index contributed by atoms with van der Waals surface area (Å²) in [5.41, 5.74) is -0.362. The molecule has 8 nitrogen and oxygen atoms in total. The van der Waals surface area contributed by atoms with Crippen molar-refractivity contribution >= 4 is 39.9 Å². The molecule has 162 valence electrons. The van der Waals surface area contributed by atoms with Crippen LogP contribution in [0.5, 0.6) is 5.75 Å². The number of carbonyl (C=O) groups is 2. The number of alkyl halides is 3. The van der Waals surface area contributed by atoms with Crippen LogP contribution >= 0.6 is 11.6 Å². The van der Waals surface area contributed by atoms with Crippen LogP contribution in [0.3, 0.4) is 0 Å². The van der Waals surface area contributed by atoms with E-state index in [0.29, 0.717) is 5.39 Å². The lowest BCUT2D eigenvalue weighted by Gasteiger charge is -2.12. The van der Waals surface area contributed by atoms with Gasteiger partial charge in [-0.05, 0) is 24.3 Å². The van der Waals surface area contributed by atoms with E-state index < -0.39 is 36.1 Å². The molecule has 3 rings (SSSR count). The zero-order valence-corrected chi connectivity index (χ0v) is 16.2. The molecule has 0 bridgehead atoms. The largest absolute Gasteiger partial charge is 0.573 e.